The van der Waals surface area contributed by atoms with Crippen molar-refractivity contribution in [3.05, 3.63) is 91.3 Å². The van der Waals surface area contributed by atoms with Gasteiger partial charge in [0.1, 0.15) is 17.5 Å². The van der Waals surface area contributed by atoms with E-state index in [1.165, 1.54) is 23.5 Å². The average Bonchev–Trinajstić information content (AvgIpc) is 3.88. The number of rotatable bonds is 9. The van der Waals surface area contributed by atoms with Crippen LogP contribution in [-0.4, -0.2) is 92.5 Å². The monoisotopic (exact) mass is 751 g/mol. The molecular weight excluding hydrogens is 710 g/mol. The molecule has 1 aliphatic carbocycles. The number of anilines is 2. The Balaban J connectivity index is 1.09. The molecule has 2 aliphatic heterocycles. The van der Waals surface area contributed by atoms with E-state index in [1.807, 2.05) is 48.2 Å². The normalized spacial score (nSPS) is 19.6. The number of aryl methyl sites for hydroxylation is 2. The van der Waals surface area contributed by atoms with E-state index in [4.69, 9.17) is 26.1 Å². The molecule has 3 aliphatic rings. The number of nitrogens with zero attached hydrogens (tertiary/aromatic N) is 7. The van der Waals surface area contributed by atoms with E-state index in [0.29, 0.717) is 36.4 Å². The SMILES string of the molecule is COCCN1C[C@@]2(CCN([C@@H]3CCc4cc(-c5cccc(-c6cccc(Nc7ncnc8c7c(=O)n(C)c(=O)n8C)c6C)c5Cl)nc(OC)c43)C2)NC1=O. The number of aromatic nitrogens is 5. The number of amides is 2. The summed E-state index contributed by atoms with van der Waals surface area (Å²) >= 11 is 7.26. The van der Waals surface area contributed by atoms with Crippen molar-refractivity contribution in [2.75, 3.05) is 52.3 Å². The van der Waals surface area contributed by atoms with Gasteiger partial charge in [0.15, 0.2) is 5.65 Å². The molecule has 5 aromatic rings. The summed E-state index contributed by atoms with van der Waals surface area (Å²) in [5.74, 6) is 0.887. The topological polar surface area (TPSA) is 149 Å². The fraction of sp³-hybridized carbons (Fsp3) is 0.385. The maximum atomic E-state index is 13.2. The first-order valence-corrected chi connectivity index (χ1v) is 18.4. The second kappa shape index (κ2) is 13.8. The highest BCUT2D eigenvalue weighted by Gasteiger charge is 2.49. The van der Waals surface area contributed by atoms with E-state index in [9.17, 15) is 14.4 Å². The molecule has 5 heterocycles. The predicted octanol–water partition coefficient (Wildman–Crippen LogP) is 4.57. The highest BCUT2D eigenvalue weighted by Crippen LogP contribution is 2.46. The van der Waals surface area contributed by atoms with Gasteiger partial charge >= 0.3 is 11.7 Å². The predicted molar refractivity (Wildman–Crippen MR) is 207 cm³/mol. The summed E-state index contributed by atoms with van der Waals surface area (Å²) in [6, 6.07) is 14.0. The molecule has 280 valence electrons. The molecular formula is C39H42ClN9O5. The minimum atomic E-state index is -0.485. The van der Waals surface area contributed by atoms with Crippen LogP contribution in [0.4, 0.5) is 16.3 Å². The molecule has 0 unspecified atom stereocenters. The van der Waals surface area contributed by atoms with Gasteiger partial charge in [0.05, 0.1) is 30.0 Å². The first-order chi connectivity index (χ1) is 26.0. The van der Waals surface area contributed by atoms with Crippen molar-refractivity contribution in [3.8, 4) is 28.3 Å². The lowest BCUT2D eigenvalue weighted by atomic mass is 9.96. The van der Waals surface area contributed by atoms with Crippen LogP contribution in [0.25, 0.3) is 33.4 Å². The lowest BCUT2D eigenvalue weighted by molar-refractivity contribution is 0.158. The summed E-state index contributed by atoms with van der Waals surface area (Å²) in [5, 5.41) is 7.36. The van der Waals surface area contributed by atoms with Crippen LogP contribution < -0.4 is 26.6 Å². The molecule has 54 heavy (non-hydrogen) atoms. The molecule has 8 rings (SSSR count). The van der Waals surface area contributed by atoms with Crippen molar-refractivity contribution in [1.82, 2.24) is 39.2 Å². The van der Waals surface area contributed by atoms with Crippen molar-refractivity contribution in [2.24, 2.45) is 14.1 Å². The van der Waals surface area contributed by atoms with Gasteiger partial charge in [0.2, 0.25) is 5.88 Å². The van der Waals surface area contributed by atoms with Crippen LogP contribution in [0.1, 0.15) is 35.6 Å². The van der Waals surface area contributed by atoms with Crippen molar-refractivity contribution in [1.29, 1.82) is 0 Å². The second-order valence-electron chi connectivity index (χ2n) is 14.4. The first-order valence-electron chi connectivity index (χ1n) is 18.0. The van der Waals surface area contributed by atoms with Gasteiger partial charge < -0.3 is 25.0 Å². The minimum Gasteiger partial charge on any atom is -0.481 e. The number of pyridine rings is 1. The van der Waals surface area contributed by atoms with Gasteiger partial charge in [-0.15, -0.1) is 0 Å². The van der Waals surface area contributed by atoms with Gasteiger partial charge in [-0.1, -0.05) is 41.9 Å². The summed E-state index contributed by atoms with van der Waals surface area (Å²) in [6.45, 7) is 5.38. The van der Waals surface area contributed by atoms with Gasteiger partial charge in [-0.25, -0.2) is 24.5 Å². The van der Waals surface area contributed by atoms with Crippen molar-refractivity contribution < 1.29 is 14.3 Å². The number of nitrogens with one attached hydrogen (secondary N) is 2. The number of urea groups is 1. The number of carbonyl (C=O) groups excluding carboxylic acids is 1. The standard InChI is InChI=1S/C39H42ClN9O5/c1-22-24(8-7-11-27(22)43-33-31-34(42-21-41-33)46(2)38(52)47(3)36(31)50)25-9-6-10-26(32(25)40)28-18-23-12-13-29(30(23)35(44-28)54-5)48-15-14-39(19-48)20-49(16-17-53-4)37(51)45-39/h6-11,18,21,29H,12-17,19-20H2,1-5H3,(H,45,51)(H,41,42,43)/t29-,39+/m1/s1. The summed E-state index contributed by atoms with van der Waals surface area (Å²) in [5.41, 5.74) is 6.14. The van der Waals surface area contributed by atoms with Crippen LogP contribution in [-0.2, 0) is 25.3 Å². The van der Waals surface area contributed by atoms with Gasteiger partial charge in [-0.2, -0.15) is 0 Å². The van der Waals surface area contributed by atoms with E-state index in [2.05, 4.69) is 31.6 Å². The Morgan fingerprint density at radius 3 is 2.59 bits per heavy atom. The number of hydrogen-bond acceptors (Lipinski definition) is 10. The molecule has 0 bridgehead atoms. The molecule has 2 amide bonds. The van der Waals surface area contributed by atoms with Crippen LogP contribution in [0.3, 0.4) is 0 Å². The molecule has 15 heteroatoms. The number of methoxy groups -OCH3 is 2. The maximum absolute atomic E-state index is 13.2. The quantitative estimate of drug-likeness (QED) is 0.219. The molecule has 1 spiro atoms. The number of likely N-dealkylation sites (tertiary alicyclic amines) is 1. The number of benzene rings is 2. The molecule has 3 aromatic heterocycles. The molecule has 0 saturated carbocycles. The fourth-order valence-electron chi connectivity index (χ4n) is 8.43. The van der Waals surface area contributed by atoms with E-state index < -0.39 is 11.2 Å². The average molecular weight is 752 g/mol. The zero-order chi connectivity index (χ0) is 37.9. The van der Waals surface area contributed by atoms with E-state index in [1.54, 1.807) is 21.3 Å². The number of halogens is 1. The highest BCUT2D eigenvalue weighted by atomic mass is 35.5. The summed E-state index contributed by atoms with van der Waals surface area (Å²) in [6.07, 6.45) is 4.03. The lowest BCUT2D eigenvalue weighted by Crippen LogP contribution is -2.46. The third kappa shape index (κ3) is 5.89. The molecule has 0 radical (unpaired) electrons. The summed E-state index contributed by atoms with van der Waals surface area (Å²) in [4.78, 5) is 56.4. The van der Waals surface area contributed by atoms with E-state index in [0.717, 1.165) is 76.1 Å². The maximum Gasteiger partial charge on any atom is 0.332 e. The second-order valence-corrected chi connectivity index (χ2v) is 14.8. The Morgan fingerprint density at radius 2 is 1.80 bits per heavy atom. The number of hydrogen-bond donors (Lipinski definition) is 2. The van der Waals surface area contributed by atoms with E-state index in [-0.39, 0.29) is 28.6 Å². The largest absolute Gasteiger partial charge is 0.481 e. The molecule has 2 atom stereocenters. The van der Waals surface area contributed by atoms with Crippen LogP contribution in [0, 0.1) is 6.92 Å². The van der Waals surface area contributed by atoms with Gasteiger partial charge in [0, 0.05) is 75.8 Å². The Labute approximate surface area is 316 Å². The highest BCUT2D eigenvalue weighted by molar-refractivity contribution is 6.36. The molecule has 2 saturated heterocycles. The molecule has 2 N–H and O–H groups in total. The van der Waals surface area contributed by atoms with Gasteiger partial charge in [0.25, 0.3) is 5.56 Å². The minimum absolute atomic E-state index is 0.0255. The van der Waals surface area contributed by atoms with Gasteiger partial charge in [-0.3, -0.25) is 18.8 Å². The van der Waals surface area contributed by atoms with Crippen molar-refractivity contribution in [2.45, 2.75) is 37.8 Å². The Bertz CT molecular complexity index is 2450. The smallest absolute Gasteiger partial charge is 0.332 e. The van der Waals surface area contributed by atoms with Gasteiger partial charge in [-0.05, 0) is 55.0 Å². The lowest BCUT2D eigenvalue weighted by Gasteiger charge is -2.28. The van der Waals surface area contributed by atoms with Crippen LogP contribution in [0.2, 0.25) is 5.02 Å². The zero-order valence-corrected chi connectivity index (χ0v) is 31.7. The Kier molecular flexibility index (Phi) is 9.15. The van der Waals surface area contributed by atoms with E-state index >= 15 is 0 Å². The summed E-state index contributed by atoms with van der Waals surface area (Å²) < 4.78 is 13.6. The zero-order valence-electron chi connectivity index (χ0n) is 30.9. The third-order valence-electron chi connectivity index (χ3n) is 11.3. The fourth-order valence-corrected chi connectivity index (χ4v) is 8.75. The van der Waals surface area contributed by atoms with Crippen molar-refractivity contribution >= 4 is 40.2 Å². The molecule has 2 aromatic carbocycles. The van der Waals surface area contributed by atoms with Crippen LogP contribution in [0.15, 0.2) is 58.4 Å². The van der Waals surface area contributed by atoms with Crippen LogP contribution in [0.5, 0.6) is 5.88 Å². The number of ether oxygens (including phenoxy) is 2. The third-order valence-corrected chi connectivity index (χ3v) is 11.7. The number of carbonyl (C=O) groups is 1. The van der Waals surface area contributed by atoms with Crippen molar-refractivity contribution in [3.63, 3.8) is 0 Å². The Hall–Kier alpha value is -5.31. The first kappa shape index (κ1) is 35.7. The summed E-state index contributed by atoms with van der Waals surface area (Å²) in [7, 11) is 6.32. The molecule has 2 fully saturated rings. The molecule has 14 nitrogen and oxygen atoms in total. The number of fused-ring (bicyclic) bond motifs is 2. The van der Waals surface area contributed by atoms with Crippen LogP contribution >= 0.6 is 11.6 Å². The Morgan fingerprint density at radius 1 is 1.02 bits per heavy atom.